The summed E-state index contributed by atoms with van der Waals surface area (Å²) in [7, 11) is 0. The zero-order valence-corrected chi connectivity index (χ0v) is 14.0. The molecule has 0 atom stereocenters. The van der Waals surface area contributed by atoms with Crippen molar-refractivity contribution in [3.05, 3.63) is 77.0 Å². The first-order valence-corrected chi connectivity index (χ1v) is 8.14. The highest BCUT2D eigenvalue weighted by atomic mass is 16.4. The molecular formula is C20H17N3O3. The molecule has 0 aliphatic carbocycles. The first-order valence-electron chi connectivity index (χ1n) is 8.14. The Morgan fingerprint density at radius 2 is 1.92 bits per heavy atom. The van der Waals surface area contributed by atoms with Crippen LogP contribution in [0.5, 0.6) is 0 Å². The topological polar surface area (TPSA) is 93.4 Å². The highest BCUT2D eigenvalue weighted by Crippen LogP contribution is 2.19. The number of nitrogens with one attached hydrogen (secondary N) is 1. The molecule has 130 valence electrons. The van der Waals surface area contributed by atoms with Crippen LogP contribution in [-0.4, -0.2) is 28.4 Å². The molecule has 26 heavy (non-hydrogen) atoms. The number of nitriles is 1. The normalized spacial score (nSPS) is 13.5. The fourth-order valence-corrected chi connectivity index (χ4v) is 2.88. The van der Waals surface area contributed by atoms with Crippen molar-refractivity contribution in [1.82, 2.24) is 4.90 Å². The van der Waals surface area contributed by atoms with E-state index in [9.17, 15) is 14.9 Å². The van der Waals surface area contributed by atoms with Gasteiger partial charge in [-0.2, -0.15) is 5.26 Å². The molecule has 6 nitrogen and oxygen atoms in total. The van der Waals surface area contributed by atoms with Crippen molar-refractivity contribution in [1.29, 1.82) is 5.26 Å². The van der Waals surface area contributed by atoms with Crippen molar-refractivity contribution >= 4 is 17.6 Å². The molecule has 0 saturated heterocycles. The molecule has 0 radical (unpaired) electrons. The zero-order valence-electron chi connectivity index (χ0n) is 14.0. The second-order valence-corrected chi connectivity index (χ2v) is 5.98. The number of rotatable bonds is 4. The first-order chi connectivity index (χ1) is 12.6. The molecule has 6 heteroatoms. The summed E-state index contributed by atoms with van der Waals surface area (Å²) >= 11 is 0. The average molecular weight is 347 g/mol. The smallest absolute Gasteiger partial charge is 0.335 e. The minimum atomic E-state index is -1.08. The van der Waals surface area contributed by atoms with E-state index in [1.807, 2.05) is 29.2 Å². The van der Waals surface area contributed by atoms with Crippen LogP contribution >= 0.6 is 0 Å². The number of carbonyl (C=O) groups is 2. The van der Waals surface area contributed by atoms with Gasteiger partial charge < -0.3 is 15.3 Å². The predicted octanol–water partition coefficient (Wildman–Crippen LogP) is 2.79. The van der Waals surface area contributed by atoms with Gasteiger partial charge in [-0.3, -0.25) is 4.79 Å². The van der Waals surface area contributed by atoms with E-state index in [2.05, 4.69) is 11.4 Å². The van der Waals surface area contributed by atoms with E-state index in [1.165, 1.54) is 29.3 Å². The molecule has 0 spiro atoms. The molecule has 0 saturated carbocycles. The number of nitrogens with zero attached hydrogens (tertiary/aromatic N) is 2. The zero-order chi connectivity index (χ0) is 18.5. The molecule has 0 unspecified atom stereocenters. The van der Waals surface area contributed by atoms with Crippen LogP contribution in [0.3, 0.4) is 0 Å². The van der Waals surface area contributed by atoms with E-state index in [0.717, 1.165) is 13.0 Å². The van der Waals surface area contributed by atoms with Crippen LogP contribution in [0.1, 0.15) is 21.5 Å². The highest BCUT2D eigenvalue weighted by molar-refractivity contribution is 6.06. The van der Waals surface area contributed by atoms with Gasteiger partial charge in [0.15, 0.2) is 0 Å². The number of carboxylic acids is 1. The molecule has 1 aliphatic heterocycles. The molecule has 1 amide bonds. The van der Waals surface area contributed by atoms with Crippen molar-refractivity contribution in [3.8, 4) is 6.07 Å². The maximum Gasteiger partial charge on any atom is 0.335 e. The lowest BCUT2D eigenvalue weighted by Gasteiger charge is -2.27. The Morgan fingerprint density at radius 1 is 1.15 bits per heavy atom. The summed E-state index contributed by atoms with van der Waals surface area (Å²) in [6.07, 6.45) is 2.42. The van der Waals surface area contributed by atoms with Gasteiger partial charge >= 0.3 is 5.97 Å². The Balaban J connectivity index is 1.73. The Hall–Kier alpha value is -3.59. The SMILES string of the molecule is N#C/C(=C/N1CCc2ccccc2C1)C(=O)Nc1cccc(C(=O)O)c1. The maximum atomic E-state index is 12.4. The summed E-state index contributed by atoms with van der Waals surface area (Å²) in [5.74, 6) is -1.64. The molecule has 2 aromatic carbocycles. The summed E-state index contributed by atoms with van der Waals surface area (Å²) in [4.78, 5) is 25.3. The Morgan fingerprint density at radius 3 is 2.65 bits per heavy atom. The van der Waals surface area contributed by atoms with E-state index in [1.54, 1.807) is 12.3 Å². The molecule has 1 heterocycles. The van der Waals surface area contributed by atoms with Crippen LogP contribution in [-0.2, 0) is 17.8 Å². The summed E-state index contributed by atoms with van der Waals surface area (Å²) in [5, 5.41) is 20.9. The van der Waals surface area contributed by atoms with E-state index < -0.39 is 11.9 Å². The van der Waals surface area contributed by atoms with Crippen LogP contribution in [0.2, 0.25) is 0 Å². The van der Waals surface area contributed by atoms with Crippen LogP contribution in [0.25, 0.3) is 0 Å². The third-order valence-corrected chi connectivity index (χ3v) is 4.20. The van der Waals surface area contributed by atoms with Crippen LogP contribution < -0.4 is 5.32 Å². The fraction of sp³-hybridized carbons (Fsp3) is 0.150. The van der Waals surface area contributed by atoms with Gasteiger partial charge in [0.1, 0.15) is 11.6 Å². The molecule has 3 rings (SSSR count). The van der Waals surface area contributed by atoms with Gasteiger partial charge in [0.05, 0.1) is 5.56 Å². The average Bonchev–Trinajstić information content (AvgIpc) is 2.66. The van der Waals surface area contributed by atoms with Crippen molar-refractivity contribution < 1.29 is 14.7 Å². The van der Waals surface area contributed by atoms with Crippen molar-refractivity contribution in [2.45, 2.75) is 13.0 Å². The van der Waals surface area contributed by atoms with E-state index >= 15 is 0 Å². The maximum absolute atomic E-state index is 12.4. The van der Waals surface area contributed by atoms with Crippen molar-refractivity contribution in [2.24, 2.45) is 0 Å². The van der Waals surface area contributed by atoms with E-state index in [-0.39, 0.29) is 11.1 Å². The van der Waals surface area contributed by atoms with Crippen molar-refractivity contribution in [3.63, 3.8) is 0 Å². The van der Waals surface area contributed by atoms with Gasteiger partial charge in [-0.05, 0) is 35.7 Å². The highest BCUT2D eigenvalue weighted by Gasteiger charge is 2.17. The number of benzene rings is 2. The quantitative estimate of drug-likeness (QED) is 0.655. The van der Waals surface area contributed by atoms with Crippen LogP contribution in [0.15, 0.2) is 60.3 Å². The van der Waals surface area contributed by atoms with Gasteiger partial charge in [-0.25, -0.2) is 4.79 Å². The molecule has 0 bridgehead atoms. The lowest BCUT2D eigenvalue weighted by atomic mass is 10.0. The first kappa shape index (κ1) is 17.2. The number of carboxylic acid groups (broad SMARTS) is 1. The van der Waals surface area contributed by atoms with Crippen LogP contribution in [0.4, 0.5) is 5.69 Å². The lowest BCUT2D eigenvalue weighted by Crippen LogP contribution is -2.27. The Labute approximate surface area is 151 Å². The van der Waals surface area contributed by atoms with E-state index in [4.69, 9.17) is 5.11 Å². The standard InChI is InChI=1S/C20H17N3O3/c21-11-17(13-23-9-8-14-4-1-2-5-16(14)12-23)19(24)22-18-7-3-6-15(10-18)20(25)26/h1-7,10,13H,8-9,12H2,(H,22,24)(H,25,26)/b17-13-. The van der Waals surface area contributed by atoms with Gasteiger partial charge in [0.25, 0.3) is 5.91 Å². The number of fused-ring (bicyclic) bond motifs is 1. The van der Waals surface area contributed by atoms with Crippen molar-refractivity contribution in [2.75, 3.05) is 11.9 Å². The third-order valence-electron chi connectivity index (χ3n) is 4.20. The summed E-state index contributed by atoms with van der Waals surface area (Å²) in [6.45, 7) is 1.37. The van der Waals surface area contributed by atoms with Gasteiger partial charge in [0, 0.05) is 25.0 Å². The molecule has 1 aliphatic rings. The fourth-order valence-electron chi connectivity index (χ4n) is 2.88. The molecular weight excluding hydrogens is 330 g/mol. The Kier molecular flexibility index (Phi) is 4.99. The van der Waals surface area contributed by atoms with Gasteiger partial charge in [0.2, 0.25) is 0 Å². The lowest BCUT2D eigenvalue weighted by molar-refractivity contribution is -0.112. The molecule has 2 aromatic rings. The largest absolute Gasteiger partial charge is 0.478 e. The number of aromatic carboxylic acids is 1. The summed E-state index contributed by atoms with van der Waals surface area (Å²) < 4.78 is 0. The van der Waals surface area contributed by atoms with Gasteiger partial charge in [-0.15, -0.1) is 0 Å². The monoisotopic (exact) mass is 347 g/mol. The second-order valence-electron chi connectivity index (χ2n) is 5.98. The number of carbonyl (C=O) groups excluding carboxylic acids is 1. The summed E-state index contributed by atoms with van der Waals surface area (Å²) in [6, 6.07) is 15.9. The Bertz CT molecular complexity index is 928. The van der Waals surface area contributed by atoms with Gasteiger partial charge in [-0.1, -0.05) is 30.3 Å². The van der Waals surface area contributed by atoms with Crippen LogP contribution in [0, 0.1) is 11.3 Å². The molecule has 0 fully saturated rings. The number of amides is 1. The molecule has 2 N–H and O–H groups in total. The number of hydrogen-bond donors (Lipinski definition) is 2. The number of hydrogen-bond acceptors (Lipinski definition) is 4. The minimum absolute atomic E-state index is 0.0230. The van der Waals surface area contributed by atoms with E-state index in [0.29, 0.717) is 12.2 Å². The third kappa shape index (κ3) is 3.90. The predicted molar refractivity (Wildman–Crippen MR) is 96.3 cm³/mol. The summed E-state index contributed by atoms with van der Waals surface area (Å²) in [5.41, 5.74) is 2.84. The minimum Gasteiger partial charge on any atom is -0.478 e. The number of anilines is 1. The molecule has 0 aromatic heterocycles. The second kappa shape index (κ2) is 7.53.